The Morgan fingerprint density at radius 3 is 2.82 bits per heavy atom. The summed E-state index contributed by atoms with van der Waals surface area (Å²) in [5.74, 6) is 0.688. The molecule has 0 aliphatic rings. The van der Waals surface area contributed by atoms with Crippen molar-refractivity contribution in [2.45, 2.75) is 19.9 Å². The molecule has 0 aromatic carbocycles. The van der Waals surface area contributed by atoms with Crippen LogP contribution in [0.2, 0.25) is 0 Å². The van der Waals surface area contributed by atoms with E-state index in [0.717, 1.165) is 12.3 Å². The van der Waals surface area contributed by atoms with E-state index in [-0.39, 0.29) is 24.4 Å². The average Bonchev–Trinajstić information content (AvgIpc) is 2.75. The Kier molecular flexibility index (Phi) is 7.95. The van der Waals surface area contributed by atoms with Crippen LogP contribution in [0.5, 0.6) is 5.75 Å². The lowest BCUT2D eigenvalue weighted by atomic mass is 10.3. The number of carbonyl (C=O) groups excluding carboxylic acids is 1. The van der Waals surface area contributed by atoms with Crippen LogP contribution >= 0.6 is 23.7 Å². The van der Waals surface area contributed by atoms with Crippen LogP contribution in [0.3, 0.4) is 0 Å². The molecule has 1 atom stereocenters. The van der Waals surface area contributed by atoms with E-state index < -0.39 is 0 Å². The lowest BCUT2D eigenvalue weighted by Crippen LogP contribution is -2.38. The Morgan fingerprint density at radius 1 is 1.59 bits per heavy atom. The van der Waals surface area contributed by atoms with Crippen LogP contribution in [0.4, 0.5) is 0 Å². The van der Waals surface area contributed by atoms with E-state index in [1.165, 1.54) is 11.3 Å². The molecule has 0 saturated heterocycles. The van der Waals surface area contributed by atoms with Crippen molar-refractivity contribution in [3.8, 4) is 5.75 Å². The van der Waals surface area contributed by atoms with E-state index in [2.05, 4.69) is 10.6 Å². The number of rotatable bonds is 6. The number of halogens is 1. The maximum Gasteiger partial charge on any atom is 0.261 e. The summed E-state index contributed by atoms with van der Waals surface area (Å²) in [6.07, 6.45) is 0. The molecule has 0 aliphatic carbocycles. The fourth-order valence-corrected chi connectivity index (χ4v) is 2.07. The first-order chi connectivity index (χ1) is 7.67. The number of methoxy groups -OCH3 is 1. The predicted molar refractivity (Wildman–Crippen MR) is 73.6 cm³/mol. The fraction of sp³-hybridized carbons (Fsp3) is 0.545. The van der Waals surface area contributed by atoms with Crippen LogP contribution in [-0.4, -0.2) is 32.1 Å². The number of ether oxygens (including phenoxy) is 1. The summed E-state index contributed by atoms with van der Waals surface area (Å²) in [5.41, 5.74) is 0. The predicted octanol–water partition coefficient (Wildman–Crippen LogP) is 1.91. The van der Waals surface area contributed by atoms with E-state index in [4.69, 9.17) is 4.74 Å². The van der Waals surface area contributed by atoms with Gasteiger partial charge in [-0.3, -0.25) is 4.79 Å². The number of carbonyl (C=O) groups is 1. The molecule has 1 heterocycles. The summed E-state index contributed by atoms with van der Waals surface area (Å²) in [5, 5.41) is 7.93. The Labute approximate surface area is 112 Å². The van der Waals surface area contributed by atoms with Crippen molar-refractivity contribution in [3.63, 3.8) is 0 Å². The summed E-state index contributed by atoms with van der Waals surface area (Å²) in [6, 6.07) is 2.04. The Morgan fingerprint density at radius 2 is 2.29 bits per heavy atom. The second kappa shape index (κ2) is 8.33. The van der Waals surface area contributed by atoms with E-state index >= 15 is 0 Å². The molecule has 0 radical (unpaired) electrons. The standard InChI is InChI=1S/C11H18N2O2S.ClH/c1-4-12-8(2)6-13-11(14)10-5-9(15-3)7-16-10;/h5,7-8,12H,4,6H2,1-3H3,(H,13,14);1H/t8-;/m1./s1. The van der Waals surface area contributed by atoms with Crippen LogP contribution in [0.15, 0.2) is 11.4 Å². The molecule has 17 heavy (non-hydrogen) atoms. The molecule has 0 saturated carbocycles. The van der Waals surface area contributed by atoms with E-state index in [0.29, 0.717) is 11.4 Å². The van der Waals surface area contributed by atoms with Gasteiger partial charge in [-0.1, -0.05) is 6.92 Å². The smallest absolute Gasteiger partial charge is 0.261 e. The van der Waals surface area contributed by atoms with Gasteiger partial charge in [0.05, 0.1) is 12.0 Å². The quantitative estimate of drug-likeness (QED) is 0.836. The number of amides is 1. The third-order valence-electron chi connectivity index (χ3n) is 2.16. The highest BCUT2D eigenvalue weighted by atomic mass is 35.5. The largest absolute Gasteiger partial charge is 0.496 e. The van der Waals surface area contributed by atoms with Crippen LogP contribution in [-0.2, 0) is 0 Å². The second-order valence-electron chi connectivity index (χ2n) is 3.52. The van der Waals surface area contributed by atoms with Crippen molar-refractivity contribution >= 4 is 29.7 Å². The second-order valence-corrected chi connectivity index (χ2v) is 4.43. The Bertz CT molecular complexity index is 344. The zero-order valence-corrected chi connectivity index (χ0v) is 11.9. The topological polar surface area (TPSA) is 50.4 Å². The highest BCUT2D eigenvalue weighted by Gasteiger charge is 2.10. The van der Waals surface area contributed by atoms with Crippen molar-refractivity contribution in [2.24, 2.45) is 0 Å². The number of thiophene rings is 1. The molecule has 6 heteroatoms. The lowest BCUT2D eigenvalue weighted by molar-refractivity contribution is 0.0954. The van der Waals surface area contributed by atoms with Gasteiger partial charge in [0.2, 0.25) is 0 Å². The van der Waals surface area contributed by atoms with Gasteiger partial charge in [-0.25, -0.2) is 0 Å². The van der Waals surface area contributed by atoms with E-state index in [1.54, 1.807) is 13.2 Å². The van der Waals surface area contributed by atoms with Gasteiger partial charge in [0, 0.05) is 24.0 Å². The molecule has 0 aliphatic heterocycles. The van der Waals surface area contributed by atoms with Gasteiger partial charge in [-0.2, -0.15) is 0 Å². The summed E-state index contributed by atoms with van der Waals surface area (Å²) in [7, 11) is 1.59. The molecule has 2 N–H and O–H groups in total. The maximum atomic E-state index is 11.7. The number of hydrogen-bond donors (Lipinski definition) is 2. The van der Waals surface area contributed by atoms with Gasteiger partial charge in [-0.05, 0) is 13.5 Å². The third-order valence-corrected chi connectivity index (χ3v) is 3.06. The number of hydrogen-bond acceptors (Lipinski definition) is 4. The van der Waals surface area contributed by atoms with Crippen molar-refractivity contribution in [2.75, 3.05) is 20.2 Å². The molecule has 4 nitrogen and oxygen atoms in total. The van der Waals surface area contributed by atoms with Gasteiger partial charge in [0.25, 0.3) is 5.91 Å². The van der Waals surface area contributed by atoms with Gasteiger partial charge in [0.15, 0.2) is 0 Å². The minimum absolute atomic E-state index is 0. The van der Waals surface area contributed by atoms with Gasteiger partial charge >= 0.3 is 0 Å². The lowest BCUT2D eigenvalue weighted by Gasteiger charge is -2.12. The van der Waals surface area contributed by atoms with Crippen molar-refractivity contribution < 1.29 is 9.53 Å². The maximum absolute atomic E-state index is 11.7. The molecule has 98 valence electrons. The first-order valence-corrected chi connectivity index (χ1v) is 6.19. The average molecular weight is 279 g/mol. The molecule has 1 rings (SSSR count). The Hall–Kier alpha value is -0.780. The monoisotopic (exact) mass is 278 g/mol. The van der Waals surface area contributed by atoms with Crippen molar-refractivity contribution in [1.82, 2.24) is 10.6 Å². The van der Waals surface area contributed by atoms with Gasteiger partial charge in [0.1, 0.15) is 5.75 Å². The highest BCUT2D eigenvalue weighted by molar-refractivity contribution is 7.12. The van der Waals surface area contributed by atoms with Gasteiger partial charge < -0.3 is 15.4 Å². The molecular formula is C11H19ClN2O2S. The molecule has 0 bridgehead atoms. The summed E-state index contributed by atoms with van der Waals surface area (Å²) >= 11 is 1.39. The van der Waals surface area contributed by atoms with Crippen LogP contribution in [0, 0.1) is 0 Å². The third kappa shape index (κ3) is 5.39. The van der Waals surface area contributed by atoms with E-state index in [9.17, 15) is 4.79 Å². The molecule has 0 unspecified atom stereocenters. The molecule has 0 fully saturated rings. The zero-order chi connectivity index (χ0) is 12.0. The first kappa shape index (κ1) is 16.2. The summed E-state index contributed by atoms with van der Waals surface area (Å²) in [4.78, 5) is 12.4. The van der Waals surface area contributed by atoms with Crippen LogP contribution in [0.1, 0.15) is 23.5 Å². The number of likely N-dealkylation sites (N-methyl/N-ethyl adjacent to an activating group) is 1. The normalized spacial score (nSPS) is 11.5. The molecule has 1 aromatic rings. The number of nitrogens with one attached hydrogen (secondary N) is 2. The minimum atomic E-state index is -0.0435. The molecule has 0 spiro atoms. The van der Waals surface area contributed by atoms with Crippen LogP contribution < -0.4 is 15.4 Å². The zero-order valence-electron chi connectivity index (χ0n) is 10.3. The summed E-state index contributed by atoms with van der Waals surface area (Å²) in [6.45, 7) is 5.62. The van der Waals surface area contributed by atoms with E-state index in [1.807, 2.05) is 19.2 Å². The van der Waals surface area contributed by atoms with Crippen molar-refractivity contribution in [3.05, 3.63) is 16.3 Å². The summed E-state index contributed by atoms with van der Waals surface area (Å²) < 4.78 is 5.03. The SMILES string of the molecule is CCN[C@H](C)CNC(=O)c1cc(OC)cs1.Cl. The minimum Gasteiger partial charge on any atom is -0.496 e. The molecule has 1 amide bonds. The molecular weight excluding hydrogens is 260 g/mol. The highest BCUT2D eigenvalue weighted by Crippen LogP contribution is 2.20. The van der Waals surface area contributed by atoms with Crippen molar-refractivity contribution in [1.29, 1.82) is 0 Å². The Balaban J connectivity index is 0.00000256. The molecule has 1 aromatic heterocycles. The first-order valence-electron chi connectivity index (χ1n) is 5.31. The van der Waals surface area contributed by atoms with Crippen LogP contribution in [0.25, 0.3) is 0 Å². The van der Waals surface area contributed by atoms with Gasteiger partial charge in [-0.15, -0.1) is 23.7 Å². The fourth-order valence-electron chi connectivity index (χ4n) is 1.30.